The summed E-state index contributed by atoms with van der Waals surface area (Å²) < 4.78 is 12.8. The van der Waals surface area contributed by atoms with Gasteiger partial charge in [0.25, 0.3) is 0 Å². The quantitative estimate of drug-likeness (QED) is 0.600. The lowest BCUT2D eigenvalue weighted by molar-refractivity contribution is -0.138. The summed E-state index contributed by atoms with van der Waals surface area (Å²) >= 11 is 0. The van der Waals surface area contributed by atoms with Crippen LogP contribution in [0.25, 0.3) is 0 Å². The Morgan fingerprint density at radius 1 is 1.13 bits per heavy atom. The summed E-state index contributed by atoms with van der Waals surface area (Å²) in [6, 6.07) is 6.08. The number of benzene rings is 1. The van der Waals surface area contributed by atoms with Crippen LogP contribution in [0.15, 0.2) is 24.3 Å². The van der Waals surface area contributed by atoms with Gasteiger partial charge >= 0.3 is 0 Å². The van der Waals surface area contributed by atoms with Crippen molar-refractivity contribution < 1.29 is 18.8 Å². The molecular weight excluding hydrogens is 301 g/mol. The predicted octanol–water partition coefficient (Wildman–Crippen LogP) is 0.175. The van der Waals surface area contributed by atoms with Gasteiger partial charge in [0.05, 0.1) is 0 Å². The van der Waals surface area contributed by atoms with Crippen molar-refractivity contribution in [1.82, 2.24) is 15.1 Å². The Kier molecular flexibility index (Phi) is 6.08. The highest BCUT2D eigenvalue weighted by atomic mass is 19.1. The second kappa shape index (κ2) is 8.26. The molecule has 0 atom stereocenters. The maximum Gasteiger partial charge on any atom is 0.232 e. The van der Waals surface area contributed by atoms with E-state index in [9.17, 15) is 18.8 Å². The van der Waals surface area contributed by atoms with Crippen molar-refractivity contribution in [3.05, 3.63) is 35.6 Å². The summed E-state index contributed by atoms with van der Waals surface area (Å²) in [6.07, 6.45) is 1.16. The second-order valence-electron chi connectivity index (χ2n) is 5.43. The van der Waals surface area contributed by atoms with Crippen molar-refractivity contribution >= 4 is 18.2 Å². The Bertz CT molecular complexity index is 554. The first-order valence-corrected chi connectivity index (χ1v) is 7.57. The van der Waals surface area contributed by atoms with Crippen LogP contribution in [0.1, 0.15) is 12.0 Å². The molecule has 0 radical (unpaired) electrons. The summed E-state index contributed by atoms with van der Waals surface area (Å²) in [7, 11) is 0. The third kappa shape index (κ3) is 5.36. The minimum atomic E-state index is -0.324. The predicted molar refractivity (Wildman–Crippen MR) is 81.9 cm³/mol. The average molecular weight is 321 g/mol. The number of nitrogens with one attached hydrogen (secondary N) is 1. The molecule has 1 N–H and O–H groups in total. The third-order valence-corrected chi connectivity index (χ3v) is 3.78. The van der Waals surface area contributed by atoms with Crippen molar-refractivity contribution in [2.45, 2.75) is 12.8 Å². The Labute approximate surface area is 134 Å². The van der Waals surface area contributed by atoms with Crippen molar-refractivity contribution in [2.24, 2.45) is 0 Å². The maximum absolute atomic E-state index is 12.8. The van der Waals surface area contributed by atoms with Crippen LogP contribution in [0.3, 0.4) is 0 Å². The molecule has 0 aromatic heterocycles. The van der Waals surface area contributed by atoms with Gasteiger partial charge in [-0.1, -0.05) is 12.1 Å². The van der Waals surface area contributed by atoms with Gasteiger partial charge in [-0.25, -0.2) is 4.39 Å². The Morgan fingerprint density at radius 3 is 2.39 bits per heavy atom. The van der Waals surface area contributed by atoms with Gasteiger partial charge in [0.1, 0.15) is 12.2 Å². The molecule has 23 heavy (non-hydrogen) atoms. The summed E-state index contributed by atoms with van der Waals surface area (Å²) in [4.78, 5) is 37.6. The molecule has 0 aliphatic carbocycles. The molecule has 0 saturated carbocycles. The van der Waals surface area contributed by atoms with Gasteiger partial charge in [0.2, 0.25) is 18.2 Å². The minimum absolute atomic E-state index is 0.190. The monoisotopic (exact) mass is 321 g/mol. The molecule has 6 nitrogen and oxygen atoms in total. The van der Waals surface area contributed by atoms with Crippen molar-refractivity contribution in [1.29, 1.82) is 0 Å². The highest BCUT2D eigenvalue weighted by Crippen LogP contribution is 2.04. The zero-order valence-electron chi connectivity index (χ0n) is 12.8. The van der Waals surface area contributed by atoms with Gasteiger partial charge < -0.3 is 15.1 Å². The number of nitrogens with zero attached hydrogens (tertiary/aromatic N) is 2. The van der Waals surface area contributed by atoms with Crippen molar-refractivity contribution in [3.8, 4) is 0 Å². The van der Waals surface area contributed by atoms with E-state index < -0.39 is 0 Å². The van der Waals surface area contributed by atoms with Crippen LogP contribution in [0.5, 0.6) is 0 Å². The molecule has 1 aromatic carbocycles. The number of rotatable bonds is 6. The molecule has 0 unspecified atom stereocenters. The van der Waals surface area contributed by atoms with E-state index in [1.54, 1.807) is 21.9 Å². The number of halogens is 1. The molecule has 0 bridgehead atoms. The average Bonchev–Trinajstić information content (AvgIpc) is 2.56. The fraction of sp³-hybridized carbons (Fsp3) is 0.438. The molecule has 2 rings (SSSR count). The second-order valence-corrected chi connectivity index (χ2v) is 5.43. The lowest BCUT2D eigenvalue weighted by Gasteiger charge is -2.32. The van der Waals surface area contributed by atoms with E-state index in [2.05, 4.69) is 5.32 Å². The van der Waals surface area contributed by atoms with Gasteiger partial charge in [-0.15, -0.1) is 0 Å². The fourth-order valence-corrected chi connectivity index (χ4v) is 2.39. The fourth-order valence-electron chi connectivity index (χ4n) is 2.39. The molecule has 1 saturated heterocycles. The standard InChI is InChI=1S/C16H20FN3O3/c17-14-3-1-13(2-4-14)5-6-18-15(22)11-16(23)20-9-7-19(12-21)8-10-20/h1-4,12H,5-11H2,(H,18,22). The topological polar surface area (TPSA) is 69.7 Å². The van der Waals surface area contributed by atoms with E-state index in [4.69, 9.17) is 0 Å². The first-order chi connectivity index (χ1) is 11.1. The number of carbonyl (C=O) groups excluding carboxylic acids is 3. The normalized spacial score (nSPS) is 14.5. The highest BCUT2D eigenvalue weighted by molar-refractivity contribution is 5.96. The molecule has 3 amide bonds. The molecule has 0 spiro atoms. The van der Waals surface area contributed by atoms with Gasteiger partial charge in [0.15, 0.2) is 0 Å². The van der Waals surface area contributed by atoms with Crippen LogP contribution in [0.4, 0.5) is 4.39 Å². The van der Waals surface area contributed by atoms with Gasteiger partial charge in [-0.2, -0.15) is 0 Å². The molecule has 1 aliphatic rings. The van der Waals surface area contributed by atoms with Gasteiger partial charge in [-0.05, 0) is 24.1 Å². The van der Waals surface area contributed by atoms with Crippen molar-refractivity contribution in [2.75, 3.05) is 32.7 Å². The SMILES string of the molecule is O=CN1CCN(C(=O)CC(=O)NCCc2ccc(F)cc2)CC1. The molecule has 7 heteroatoms. The zero-order chi connectivity index (χ0) is 16.7. The number of hydrogen-bond acceptors (Lipinski definition) is 3. The first kappa shape index (κ1) is 16.9. The number of amides is 3. The van der Waals surface area contributed by atoms with Crippen LogP contribution >= 0.6 is 0 Å². The van der Waals surface area contributed by atoms with Crippen LogP contribution in [0.2, 0.25) is 0 Å². The minimum Gasteiger partial charge on any atom is -0.355 e. The molecule has 124 valence electrons. The summed E-state index contributed by atoms with van der Waals surface area (Å²) in [6.45, 7) is 2.32. The smallest absolute Gasteiger partial charge is 0.232 e. The lowest BCUT2D eigenvalue weighted by Crippen LogP contribution is -2.49. The summed E-state index contributed by atoms with van der Waals surface area (Å²) in [5.74, 6) is -0.845. The first-order valence-electron chi connectivity index (χ1n) is 7.57. The Hall–Kier alpha value is -2.44. The number of carbonyl (C=O) groups is 3. The molecule has 1 fully saturated rings. The Balaban J connectivity index is 1.67. The van der Waals surface area contributed by atoms with Gasteiger partial charge in [0, 0.05) is 32.7 Å². The van der Waals surface area contributed by atoms with Crippen LogP contribution in [-0.4, -0.2) is 60.7 Å². The van der Waals surface area contributed by atoms with Crippen LogP contribution in [0, 0.1) is 5.82 Å². The zero-order valence-corrected chi connectivity index (χ0v) is 12.8. The molecule has 1 aliphatic heterocycles. The number of piperazine rings is 1. The highest BCUT2D eigenvalue weighted by Gasteiger charge is 2.21. The van der Waals surface area contributed by atoms with Crippen LogP contribution in [-0.2, 0) is 20.8 Å². The van der Waals surface area contributed by atoms with E-state index in [0.29, 0.717) is 39.1 Å². The van der Waals surface area contributed by atoms with E-state index in [-0.39, 0.29) is 24.1 Å². The van der Waals surface area contributed by atoms with Crippen LogP contribution < -0.4 is 5.32 Å². The third-order valence-electron chi connectivity index (χ3n) is 3.78. The largest absolute Gasteiger partial charge is 0.355 e. The summed E-state index contributed by atoms with van der Waals surface area (Å²) in [5.41, 5.74) is 0.919. The van der Waals surface area contributed by atoms with Crippen molar-refractivity contribution in [3.63, 3.8) is 0 Å². The maximum atomic E-state index is 12.8. The number of hydrogen-bond donors (Lipinski definition) is 1. The Morgan fingerprint density at radius 2 is 1.78 bits per heavy atom. The van der Waals surface area contributed by atoms with E-state index in [1.165, 1.54) is 12.1 Å². The van der Waals surface area contributed by atoms with E-state index in [1.807, 2.05) is 0 Å². The van der Waals surface area contributed by atoms with Gasteiger partial charge in [-0.3, -0.25) is 14.4 Å². The summed E-state index contributed by atoms with van der Waals surface area (Å²) in [5, 5.41) is 2.69. The molecule has 1 aromatic rings. The van der Waals surface area contributed by atoms with E-state index >= 15 is 0 Å². The lowest BCUT2D eigenvalue weighted by atomic mass is 10.1. The van der Waals surface area contributed by atoms with E-state index in [0.717, 1.165) is 12.0 Å². The molecular formula is C16H20FN3O3. The molecule has 1 heterocycles.